The summed E-state index contributed by atoms with van der Waals surface area (Å²) >= 11 is 0. The van der Waals surface area contributed by atoms with E-state index in [0.717, 1.165) is 28.0 Å². The van der Waals surface area contributed by atoms with E-state index in [-0.39, 0.29) is 0 Å². The molecule has 3 N–H and O–H groups in total. The van der Waals surface area contributed by atoms with Gasteiger partial charge in [-0.2, -0.15) is 0 Å². The lowest BCUT2D eigenvalue weighted by molar-refractivity contribution is 1.07. The van der Waals surface area contributed by atoms with E-state index in [1.54, 1.807) is 0 Å². The molecule has 0 fully saturated rings. The van der Waals surface area contributed by atoms with Gasteiger partial charge in [0.25, 0.3) is 0 Å². The monoisotopic (exact) mass is 251 g/mol. The molecule has 0 bridgehead atoms. The second-order valence-electron chi connectivity index (χ2n) is 4.94. The summed E-state index contributed by atoms with van der Waals surface area (Å²) in [7, 11) is 0. The van der Waals surface area contributed by atoms with Crippen molar-refractivity contribution < 1.29 is 0 Å². The van der Waals surface area contributed by atoms with Gasteiger partial charge in [-0.15, -0.1) is 0 Å². The summed E-state index contributed by atoms with van der Waals surface area (Å²) in [5.74, 6) is 0.906. The molecule has 0 aliphatic rings. The van der Waals surface area contributed by atoms with Crippen molar-refractivity contribution in [2.24, 2.45) is 5.73 Å². The van der Waals surface area contributed by atoms with Gasteiger partial charge >= 0.3 is 0 Å². The van der Waals surface area contributed by atoms with Crippen LogP contribution in [0.3, 0.4) is 0 Å². The zero-order valence-electron chi connectivity index (χ0n) is 11.2. The van der Waals surface area contributed by atoms with Gasteiger partial charge in [-0.25, -0.2) is 4.98 Å². The largest absolute Gasteiger partial charge is 0.338 e. The summed E-state index contributed by atoms with van der Waals surface area (Å²) in [6.45, 7) is 4.79. The summed E-state index contributed by atoms with van der Waals surface area (Å²) in [5, 5.41) is 0. The van der Waals surface area contributed by atoms with E-state index in [4.69, 9.17) is 5.73 Å². The maximum absolute atomic E-state index is 5.61. The number of benzene rings is 2. The van der Waals surface area contributed by atoms with Crippen molar-refractivity contribution in [2.45, 2.75) is 20.4 Å². The third-order valence-corrected chi connectivity index (χ3v) is 3.56. The summed E-state index contributed by atoms with van der Waals surface area (Å²) < 4.78 is 0. The smallest absolute Gasteiger partial charge is 0.138 e. The molecule has 0 unspecified atom stereocenters. The maximum atomic E-state index is 5.61. The van der Waals surface area contributed by atoms with Gasteiger partial charge in [-0.05, 0) is 42.7 Å². The zero-order chi connectivity index (χ0) is 13.4. The average molecular weight is 251 g/mol. The summed E-state index contributed by atoms with van der Waals surface area (Å²) in [6, 6.07) is 12.5. The van der Waals surface area contributed by atoms with Crippen LogP contribution < -0.4 is 5.73 Å². The van der Waals surface area contributed by atoms with Gasteiger partial charge in [-0.3, -0.25) is 0 Å². The van der Waals surface area contributed by atoms with E-state index in [1.807, 2.05) is 12.1 Å². The van der Waals surface area contributed by atoms with Crippen LogP contribution in [0.1, 0.15) is 16.7 Å². The summed E-state index contributed by atoms with van der Waals surface area (Å²) in [5.41, 5.74) is 12.5. The number of aromatic amines is 1. The maximum Gasteiger partial charge on any atom is 0.138 e. The number of nitrogens with zero attached hydrogens (tertiary/aromatic N) is 1. The van der Waals surface area contributed by atoms with Gasteiger partial charge in [0.1, 0.15) is 5.82 Å². The Kier molecular flexibility index (Phi) is 2.84. The van der Waals surface area contributed by atoms with Crippen LogP contribution >= 0.6 is 0 Å². The van der Waals surface area contributed by atoms with Crippen molar-refractivity contribution in [2.75, 3.05) is 0 Å². The Morgan fingerprint density at radius 2 is 1.74 bits per heavy atom. The highest BCUT2D eigenvalue weighted by atomic mass is 14.9. The predicted octanol–water partition coefficient (Wildman–Crippen LogP) is 3.31. The molecule has 19 heavy (non-hydrogen) atoms. The fourth-order valence-electron chi connectivity index (χ4n) is 2.20. The minimum absolute atomic E-state index is 0.568. The topological polar surface area (TPSA) is 54.7 Å². The number of aromatic nitrogens is 2. The van der Waals surface area contributed by atoms with Gasteiger partial charge in [-0.1, -0.05) is 24.3 Å². The standard InChI is InChI=1S/C16H17N3/c1-10-7-14-15(8-11(10)2)19-16(18-14)13-5-3-12(9-17)4-6-13/h3-8H,9,17H2,1-2H3,(H,18,19). The van der Waals surface area contributed by atoms with Crippen LogP contribution in [0.2, 0.25) is 0 Å². The number of hydrogen-bond donors (Lipinski definition) is 2. The molecule has 1 heterocycles. The molecule has 3 heteroatoms. The van der Waals surface area contributed by atoms with Crippen molar-refractivity contribution >= 4 is 11.0 Å². The molecule has 1 aromatic heterocycles. The number of fused-ring (bicyclic) bond motifs is 1. The van der Waals surface area contributed by atoms with E-state index in [1.165, 1.54) is 11.1 Å². The molecule has 96 valence electrons. The fourth-order valence-corrected chi connectivity index (χ4v) is 2.20. The van der Waals surface area contributed by atoms with Crippen LogP contribution in [-0.4, -0.2) is 9.97 Å². The number of nitrogens with one attached hydrogen (secondary N) is 1. The number of imidazole rings is 1. The SMILES string of the molecule is Cc1cc2nc(-c3ccc(CN)cc3)[nH]c2cc1C. The van der Waals surface area contributed by atoms with Gasteiger partial charge < -0.3 is 10.7 Å². The van der Waals surface area contributed by atoms with Crippen molar-refractivity contribution in [3.05, 3.63) is 53.1 Å². The molecule has 0 spiro atoms. The molecule has 0 aliphatic carbocycles. The minimum atomic E-state index is 0.568. The molecule has 0 radical (unpaired) electrons. The van der Waals surface area contributed by atoms with Crippen LogP contribution in [0.4, 0.5) is 0 Å². The van der Waals surface area contributed by atoms with Crippen molar-refractivity contribution in [3.63, 3.8) is 0 Å². The molecule has 2 aromatic carbocycles. The summed E-state index contributed by atoms with van der Waals surface area (Å²) in [4.78, 5) is 8.03. The highest BCUT2D eigenvalue weighted by Crippen LogP contribution is 2.23. The highest BCUT2D eigenvalue weighted by Gasteiger charge is 2.06. The Morgan fingerprint density at radius 3 is 2.42 bits per heavy atom. The van der Waals surface area contributed by atoms with Crippen LogP contribution in [0.25, 0.3) is 22.4 Å². The lowest BCUT2D eigenvalue weighted by Crippen LogP contribution is -1.95. The second-order valence-corrected chi connectivity index (χ2v) is 4.94. The third-order valence-electron chi connectivity index (χ3n) is 3.56. The molecule has 3 aromatic rings. The van der Waals surface area contributed by atoms with Gasteiger partial charge in [0.05, 0.1) is 11.0 Å². The minimum Gasteiger partial charge on any atom is -0.338 e. The predicted molar refractivity (Wildman–Crippen MR) is 78.9 cm³/mol. The van der Waals surface area contributed by atoms with E-state index >= 15 is 0 Å². The first-order valence-corrected chi connectivity index (χ1v) is 6.44. The first-order valence-electron chi connectivity index (χ1n) is 6.44. The zero-order valence-corrected chi connectivity index (χ0v) is 11.2. The molecule has 0 atom stereocenters. The Labute approximate surface area is 112 Å². The van der Waals surface area contributed by atoms with Crippen molar-refractivity contribution in [1.29, 1.82) is 0 Å². The van der Waals surface area contributed by atoms with Crippen LogP contribution in [-0.2, 0) is 6.54 Å². The van der Waals surface area contributed by atoms with E-state index in [0.29, 0.717) is 6.54 Å². The Balaban J connectivity index is 2.09. The second kappa shape index (κ2) is 4.52. The average Bonchev–Trinajstić information content (AvgIpc) is 2.82. The van der Waals surface area contributed by atoms with E-state index in [2.05, 4.69) is 48.1 Å². The van der Waals surface area contributed by atoms with E-state index in [9.17, 15) is 0 Å². The number of hydrogen-bond acceptors (Lipinski definition) is 2. The summed E-state index contributed by atoms with van der Waals surface area (Å²) in [6.07, 6.45) is 0. The quantitative estimate of drug-likeness (QED) is 0.734. The molecule has 3 rings (SSSR count). The molecular formula is C16H17N3. The molecule has 3 nitrogen and oxygen atoms in total. The third kappa shape index (κ3) is 2.13. The van der Waals surface area contributed by atoms with Crippen molar-refractivity contribution in [3.8, 4) is 11.4 Å². The van der Waals surface area contributed by atoms with Crippen LogP contribution in [0.15, 0.2) is 36.4 Å². The molecular weight excluding hydrogens is 234 g/mol. The number of aryl methyl sites for hydroxylation is 2. The molecule has 0 amide bonds. The lowest BCUT2D eigenvalue weighted by atomic mass is 10.1. The molecule has 0 saturated carbocycles. The van der Waals surface area contributed by atoms with Crippen LogP contribution in [0, 0.1) is 13.8 Å². The van der Waals surface area contributed by atoms with Gasteiger partial charge in [0, 0.05) is 12.1 Å². The Hall–Kier alpha value is -2.13. The van der Waals surface area contributed by atoms with E-state index < -0.39 is 0 Å². The number of rotatable bonds is 2. The first-order chi connectivity index (χ1) is 9.17. The number of nitrogens with two attached hydrogens (primary N) is 1. The van der Waals surface area contributed by atoms with Gasteiger partial charge in [0.15, 0.2) is 0 Å². The molecule has 0 saturated heterocycles. The normalized spacial score (nSPS) is 11.1. The van der Waals surface area contributed by atoms with Gasteiger partial charge in [0.2, 0.25) is 0 Å². The highest BCUT2D eigenvalue weighted by molar-refractivity contribution is 5.80. The molecule has 0 aliphatic heterocycles. The van der Waals surface area contributed by atoms with Crippen LogP contribution in [0.5, 0.6) is 0 Å². The Morgan fingerprint density at radius 1 is 1.05 bits per heavy atom. The first kappa shape index (κ1) is 11.9. The van der Waals surface area contributed by atoms with Crippen molar-refractivity contribution in [1.82, 2.24) is 9.97 Å². The fraction of sp³-hybridized carbons (Fsp3) is 0.188. The Bertz CT molecular complexity index is 685. The number of H-pyrrole nitrogens is 1. The lowest BCUT2D eigenvalue weighted by Gasteiger charge is -1.98.